The Balaban J connectivity index is 2.00. The zero-order valence-corrected chi connectivity index (χ0v) is 9.58. The third-order valence-electron chi connectivity index (χ3n) is 2.98. The summed E-state index contributed by atoms with van der Waals surface area (Å²) in [7, 11) is 0. The lowest BCUT2D eigenvalue weighted by Crippen LogP contribution is -2.30. The molecule has 0 aromatic rings. The number of nitrogens with one attached hydrogen (secondary N) is 1. The van der Waals surface area contributed by atoms with E-state index in [1.54, 1.807) is 0 Å². The van der Waals surface area contributed by atoms with E-state index in [2.05, 4.69) is 17.4 Å². The van der Waals surface area contributed by atoms with Gasteiger partial charge in [-0.15, -0.1) is 0 Å². The average Bonchev–Trinajstić information content (AvgIpc) is 3.05. The largest absolute Gasteiger partial charge is 0.409 e. The van der Waals surface area contributed by atoms with Gasteiger partial charge in [0.05, 0.1) is 0 Å². The molecule has 0 spiro atoms. The zero-order chi connectivity index (χ0) is 11.1. The van der Waals surface area contributed by atoms with Crippen LogP contribution in [0.2, 0.25) is 0 Å². The van der Waals surface area contributed by atoms with Gasteiger partial charge in [0.1, 0.15) is 5.84 Å². The third kappa shape index (κ3) is 5.62. The molecule has 0 heterocycles. The van der Waals surface area contributed by atoms with E-state index in [0.717, 1.165) is 18.9 Å². The first-order valence-electron chi connectivity index (χ1n) is 5.96. The molecular formula is C11H23N3O. The molecule has 1 unspecified atom stereocenters. The van der Waals surface area contributed by atoms with Crippen molar-refractivity contribution in [3.8, 4) is 0 Å². The van der Waals surface area contributed by atoms with Crippen molar-refractivity contribution < 1.29 is 5.21 Å². The van der Waals surface area contributed by atoms with Gasteiger partial charge in [0.25, 0.3) is 0 Å². The van der Waals surface area contributed by atoms with Crippen molar-refractivity contribution in [2.45, 2.75) is 51.5 Å². The number of nitrogens with two attached hydrogens (primary N) is 1. The summed E-state index contributed by atoms with van der Waals surface area (Å²) in [6, 6.07) is 0.657. The van der Waals surface area contributed by atoms with Crippen molar-refractivity contribution >= 4 is 5.84 Å². The monoisotopic (exact) mass is 213 g/mol. The van der Waals surface area contributed by atoms with E-state index in [-0.39, 0.29) is 0 Å². The highest BCUT2D eigenvalue weighted by Crippen LogP contribution is 2.33. The Morgan fingerprint density at radius 2 is 2.33 bits per heavy atom. The van der Waals surface area contributed by atoms with Crippen LogP contribution in [0.3, 0.4) is 0 Å². The lowest BCUT2D eigenvalue weighted by atomic mass is 10.1. The number of hydrogen-bond donors (Lipinski definition) is 3. The topological polar surface area (TPSA) is 70.6 Å². The molecule has 0 aromatic carbocycles. The molecule has 1 aliphatic carbocycles. The minimum Gasteiger partial charge on any atom is -0.409 e. The Bertz CT molecular complexity index is 202. The molecule has 0 bridgehead atoms. The standard InChI is InChI=1S/C11H23N3O/c1-2-10(8-9-5-6-9)13-7-3-4-11(12)14-15/h9-10,13,15H,2-8H2,1H3,(H2,12,14). The molecule has 1 atom stereocenters. The maximum absolute atomic E-state index is 8.36. The Morgan fingerprint density at radius 1 is 1.60 bits per heavy atom. The predicted molar refractivity (Wildman–Crippen MR) is 62.1 cm³/mol. The molecule has 15 heavy (non-hydrogen) atoms. The van der Waals surface area contributed by atoms with Crippen LogP contribution in [0.4, 0.5) is 0 Å². The first-order valence-corrected chi connectivity index (χ1v) is 5.96. The number of oxime groups is 1. The van der Waals surface area contributed by atoms with Gasteiger partial charge in [-0.1, -0.05) is 24.9 Å². The fourth-order valence-electron chi connectivity index (χ4n) is 1.78. The van der Waals surface area contributed by atoms with E-state index in [4.69, 9.17) is 10.9 Å². The van der Waals surface area contributed by atoms with Crippen LogP contribution in [0.25, 0.3) is 0 Å². The molecule has 1 fully saturated rings. The summed E-state index contributed by atoms with van der Waals surface area (Å²) in [6.45, 7) is 3.19. The van der Waals surface area contributed by atoms with Gasteiger partial charge in [-0.3, -0.25) is 0 Å². The smallest absolute Gasteiger partial charge is 0.139 e. The predicted octanol–water partition coefficient (Wildman–Crippen LogP) is 1.68. The first kappa shape index (κ1) is 12.3. The van der Waals surface area contributed by atoms with E-state index in [9.17, 15) is 0 Å². The molecule has 4 nitrogen and oxygen atoms in total. The van der Waals surface area contributed by atoms with E-state index in [1.807, 2.05) is 0 Å². The Morgan fingerprint density at radius 3 is 2.87 bits per heavy atom. The van der Waals surface area contributed by atoms with Gasteiger partial charge < -0.3 is 16.3 Å². The highest BCUT2D eigenvalue weighted by molar-refractivity contribution is 5.79. The Kier molecular flexibility index (Phi) is 5.47. The fraction of sp³-hybridized carbons (Fsp3) is 0.909. The zero-order valence-electron chi connectivity index (χ0n) is 9.58. The van der Waals surface area contributed by atoms with Gasteiger partial charge in [-0.25, -0.2) is 0 Å². The maximum Gasteiger partial charge on any atom is 0.139 e. The first-order chi connectivity index (χ1) is 7.26. The van der Waals surface area contributed by atoms with Crippen molar-refractivity contribution in [1.29, 1.82) is 0 Å². The van der Waals surface area contributed by atoms with Crippen LogP contribution in [0.1, 0.15) is 45.4 Å². The van der Waals surface area contributed by atoms with Crippen LogP contribution in [0.15, 0.2) is 5.16 Å². The molecule has 0 radical (unpaired) electrons. The number of nitrogens with zero attached hydrogens (tertiary/aromatic N) is 1. The molecule has 0 aromatic heterocycles. The summed E-state index contributed by atoms with van der Waals surface area (Å²) in [5.41, 5.74) is 5.39. The summed E-state index contributed by atoms with van der Waals surface area (Å²) >= 11 is 0. The van der Waals surface area contributed by atoms with Crippen molar-refractivity contribution in [1.82, 2.24) is 5.32 Å². The minimum absolute atomic E-state index is 0.326. The van der Waals surface area contributed by atoms with Crippen LogP contribution in [-0.4, -0.2) is 23.6 Å². The second kappa shape index (κ2) is 6.67. The molecule has 1 rings (SSSR count). The highest BCUT2D eigenvalue weighted by atomic mass is 16.4. The van der Waals surface area contributed by atoms with Crippen molar-refractivity contribution in [3.63, 3.8) is 0 Å². The van der Waals surface area contributed by atoms with E-state index in [0.29, 0.717) is 18.3 Å². The van der Waals surface area contributed by atoms with Crippen molar-refractivity contribution in [3.05, 3.63) is 0 Å². The minimum atomic E-state index is 0.326. The number of rotatable bonds is 8. The normalized spacial score (nSPS) is 19.1. The molecule has 0 saturated heterocycles. The lowest BCUT2D eigenvalue weighted by molar-refractivity contribution is 0.316. The van der Waals surface area contributed by atoms with Gasteiger partial charge >= 0.3 is 0 Å². The third-order valence-corrected chi connectivity index (χ3v) is 2.98. The lowest BCUT2D eigenvalue weighted by Gasteiger charge is -2.16. The highest BCUT2D eigenvalue weighted by Gasteiger charge is 2.24. The van der Waals surface area contributed by atoms with Gasteiger partial charge in [-0.2, -0.15) is 0 Å². The van der Waals surface area contributed by atoms with E-state index >= 15 is 0 Å². The summed E-state index contributed by atoms with van der Waals surface area (Å²) < 4.78 is 0. The van der Waals surface area contributed by atoms with Crippen molar-refractivity contribution in [2.24, 2.45) is 16.8 Å². The SMILES string of the molecule is CCC(CC1CC1)NCCCC(N)=NO. The second-order valence-electron chi connectivity index (χ2n) is 4.43. The fourth-order valence-corrected chi connectivity index (χ4v) is 1.78. The summed E-state index contributed by atoms with van der Waals surface area (Å²) in [6.07, 6.45) is 6.96. The second-order valence-corrected chi connectivity index (χ2v) is 4.43. The van der Waals surface area contributed by atoms with Crippen LogP contribution >= 0.6 is 0 Å². The summed E-state index contributed by atoms with van der Waals surface area (Å²) in [5.74, 6) is 1.30. The Labute approximate surface area is 91.9 Å². The molecule has 0 amide bonds. The van der Waals surface area contributed by atoms with Gasteiger partial charge in [-0.05, 0) is 31.7 Å². The van der Waals surface area contributed by atoms with Crippen LogP contribution in [0.5, 0.6) is 0 Å². The van der Waals surface area contributed by atoms with Crippen LogP contribution in [-0.2, 0) is 0 Å². The Hall–Kier alpha value is -0.770. The number of amidine groups is 1. The summed E-state index contributed by atoms with van der Waals surface area (Å²) in [5, 5.41) is 14.8. The van der Waals surface area contributed by atoms with Gasteiger partial charge in [0.2, 0.25) is 0 Å². The molecule has 4 N–H and O–H groups in total. The average molecular weight is 213 g/mol. The summed E-state index contributed by atoms with van der Waals surface area (Å²) in [4.78, 5) is 0. The maximum atomic E-state index is 8.36. The molecule has 1 saturated carbocycles. The quantitative estimate of drug-likeness (QED) is 0.189. The van der Waals surface area contributed by atoms with Crippen LogP contribution < -0.4 is 11.1 Å². The number of hydrogen-bond acceptors (Lipinski definition) is 3. The van der Waals surface area contributed by atoms with Gasteiger partial charge in [0.15, 0.2) is 0 Å². The molecular weight excluding hydrogens is 190 g/mol. The molecule has 88 valence electrons. The van der Waals surface area contributed by atoms with Gasteiger partial charge in [0, 0.05) is 12.5 Å². The molecule has 1 aliphatic rings. The van der Waals surface area contributed by atoms with E-state index < -0.39 is 0 Å². The molecule has 0 aliphatic heterocycles. The van der Waals surface area contributed by atoms with Crippen LogP contribution in [0, 0.1) is 5.92 Å². The molecule has 4 heteroatoms. The van der Waals surface area contributed by atoms with E-state index in [1.165, 1.54) is 25.7 Å². The van der Waals surface area contributed by atoms with Crippen molar-refractivity contribution in [2.75, 3.05) is 6.54 Å².